The van der Waals surface area contributed by atoms with Crippen LogP contribution in [0.4, 0.5) is 11.4 Å². The number of non-ortho nitro benzene ring substituents is 1. The molecule has 8 heteroatoms. The summed E-state index contributed by atoms with van der Waals surface area (Å²) in [5.41, 5.74) is 5.73. The first-order valence-corrected chi connectivity index (χ1v) is 11.2. The van der Waals surface area contributed by atoms with Crippen LogP contribution in [0.2, 0.25) is 0 Å². The van der Waals surface area contributed by atoms with E-state index in [4.69, 9.17) is 13.9 Å². The van der Waals surface area contributed by atoms with E-state index in [9.17, 15) is 14.9 Å². The lowest BCUT2D eigenvalue weighted by Crippen LogP contribution is -2.10. The minimum Gasteiger partial charge on any atom is -0.497 e. The van der Waals surface area contributed by atoms with Crippen LogP contribution >= 0.6 is 0 Å². The van der Waals surface area contributed by atoms with Gasteiger partial charge in [0.25, 0.3) is 5.69 Å². The van der Waals surface area contributed by atoms with Crippen LogP contribution < -0.4 is 14.8 Å². The molecule has 0 fully saturated rings. The van der Waals surface area contributed by atoms with Crippen molar-refractivity contribution >= 4 is 33.8 Å². The zero-order chi connectivity index (χ0) is 26.0. The number of nitro benzene ring substituents is 1. The lowest BCUT2D eigenvalue weighted by molar-refractivity contribution is -0.384. The Morgan fingerprint density at radius 1 is 1.08 bits per heavy atom. The fourth-order valence-corrected chi connectivity index (χ4v) is 4.19. The molecule has 0 atom stereocenters. The van der Waals surface area contributed by atoms with Gasteiger partial charge in [-0.1, -0.05) is 18.2 Å². The summed E-state index contributed by atoms with van der Waals surface area (Å²) >= 11 is 0. The standard InChI is InChI=1S/C28H26N2O6/c1-16-9-10-20(30(32)33)13-25(16)29-26(31)11-17(2)22-14-23-24(19-7-6-8-21(12-19)34-4)15-36-28(23)18(3)27(22)35-5/h6-15H,1-5H3,(H,29,31)/b17-11+. The van der Waals surface area contributed by atoms with Crippen molar-refractivity contribution in [1.29, 1.82) is 0 Å². The van der Waals surface area contributed by atoms with E-state index in [-0.39, 0.29) is 5.69 Å². The maximum Gasteiger partial charge on any atom is 0.271 e. The summed E-state index contributed by atoms with van der Waals surface area (Å²) in [7, 11) is 3.19. The molecule has 1 N–H and O–H groups in total. The zero-order valence-corrected chi connectivity index (χ0v) is 20.7. The molecule has 1 amide bonds. The second-order valence-electron chi connectivity index (χ2n) is 8.41. The molecule has 0 aliphatic rings. The lowest BCUT2D eigenvalue weighted by Gasteiger charge is -2.14. The lowest BCUT2D eigenvalue weighted by atomic mass is 9.96. The fraction of sp³-hybridized carbons (Fsp3) is 0.179. The summed E-state index contributed by atoms with van der Waals surface area (Å²) in [5.74, 6) is 0.926. The number of carbonyl (C=O) groups excluding carboxylic acids is 1. The molecule has 0 bridgehead atoms. The summed E-state index contributed by atoms with van der Waals surface area (Å²) in [6.07, 6.45) is 3.15. The van der Waals surface area contributed by atoms with E-state index < -0.39 is 10.8 Å². The Labute approximate surface area is 208 Å². The Bertz CT molecular complexity index is 1520. The van der Waals surface area contributed by atoms with Gasteiger partial charge in [-0.25, -0.2) is 0 Å². The number of hydrogen-bond donors (Lipinski definition) is 1. The number of methoxy groups -OCH3 is 2. The number of anilines is 1. The largest absolute Gasteiger partial charge is 0.497 e. The van der Waals surface area contributed by atoms with Crippen molar-refractivity contribution in [2.24, 2.45) is 0 Å². The number of ether oxygens (including phenoxy) is 2. The van der Waals surface area contributed by atoms with Crippen molar-refractivity contribution in [3.05, 3.63) is 87.7 Å². The van der Waals surface area contributed by atoms with Gasteiger partial charge in [0.05, 0.1) is 31.1 Å². The Balaban J connectivity index is 1.75. The highest BCUT2D eigenvalue weighted by Crippen LogP contribution is 2.41. The van der Waals surface area contributed by atoms with E-state index in [0.29, 0.717) is 22.6 Å². The molecule has 0 spiro atoms. The number of hydrogen-bond acceptors (Lipinski definition) is 6. The average molecular weight is 487 g/mol. The number of benzene rings is 3. The van der Waals surface area contributed by atoms with E-state index in [1.54, 1.807) is 33.5 Å². The van der Waals surface area contributed by atoms with Crippen LogP contribution in [-0.4, -0.2) is 25.1 Å². The van der Waals surface area contributed by atoms with Gasteiger partial charge in [-0.3, -0.25) is 14.9 Å². The summed E-state index contributed by atoms with van der Waals surface area (Å²) in [6, 6.07) is 14.0. The van der Waals surface area contributed by atoms with Gasteiger partial charge in [-0.05, 0) is 55.7 Å². The molecule has 0 saturated heterocycles. The van der Waals surface area contributed by atoms with Gasteiger partial charge in [0.2, 0.25) is 5.91 Å². The predicted octanol–water partition coefficient (Wildman–Crippen LogP) is 6.68. The molecule has 0 unspecified atom stereocenters. The number of amides is 1. The van der Waals surface area contributed by atoms with Gasteiger partial charge in [0.15, 0.2) is 0 Å². The topological polar surface area (TPSA) is 104 Å². The fourth-order valence-electron chi connectivity index (χ4n) is 4.19. The second kappa shape index (κ2) is 9.95. The van der Waals surface area contributed by atoms with E-state index in [0.717, 1.165) is 39.0 Å². The van der Waals surface area contributed by atoms with Crippen molar-refractivity contribution in [3.8, 4) is 22.6 Å². The first-order chi connectivity index (χ1) is 17.2. The molecule has 1 heterocycles. The molecule has 4 aromatic rings. The summed E-state index contributed by atoms with van der Waals surface area (Å²) in [5, 5.41) is 14.7. The maximum absolute atomic E-state index is 12.9. The zero-order valence-electron chi connectivity index (χ0n) is 20.7. The number of nitrogens with one attached hydrogen (secondary N) is 1. The smallest absolute Gasteiger partial charge is 0.271 e. The Hall–Kier alpha value is -4.59. The van der Waals surface area contributed by atoms with Crippen LogP contribution in [0, 0.1) is 24.0 Å². The molecule has 4 rings (SSSR count). The molecule has 0 aliphatic heterocycles. The van der Waals surface area contributed by atoms with Gasteiger partial charge in [0, 0.05) is 40.3 Å². The van der Waals surface area contributed by atoms with Crippen LogP contribution in [0.15, 0.2) is 65.3 Å². The van der Waals surface area contributed by atoms with Gasteiger partial charge in [0.1, 0.15) is 17.1 Å². The number of aryl methyl sites for hydroxylation is 2. The van der Waals surface area contributed by atoms with E-state index in [1.165, 1.54) is 18.2 Å². The van der Waals surface area contributed by atoms with Crippen LogP contribution in [0.5, 0.6) is 11.5 Å². The van der Waals surface area contributed by atoms with E-state index in [1.807, 2.05) is 44.2 Å². The van der Waals surface area contributed by atoms with Crippen molar-refractivity contribution in [2.45, 2.75) is 20.8 Å². The number of nitrogens with zero attached hydrogens (tertiary/aromatic N) is 1. The molecule has 0 saturated carbocycles. The molecule has 184 valence electrons. The normalized spacial score (nSPS) is 11.4. The summed E-state index contributed by atoms with van der Waals surface area (Å²) in [4.78, 5) is 23.5. The molecule has 0 aliphatic carbocycles. The molecule has 3 aromatic carbocycles. The third-order valence-electron chi connectivity index (χ3n) is 6.09. The molecule has 1 aromatic heterocycles. The van der Waals surface area contributed by atoms with E-state index in [2.05, 4.69) is 5.32 Å². The van der Waals surface area contributed by atoms with Crippen LogP contribution in [0.1, 0.15) is 23.6 Å². The minimum absolute atomic E-state index is 0.0932. The number of nitro groups is 1. The molecule has 0 radical (unpaired) electrons. The van der Waals surface area contributed by atoms with Crippen LogP contribution in [0.25, 0.3) is 27.7 Å². The number of rotatable bonds is 7. The van der Waals surface area contributed by atoms with E-state index >= 15 is 0 Å². The highest BCUT2D eigenvalue weighted by Gasteiger charge is 2.19. The first-order valence-electron chi connectivity index (χ1n) is 11.2. The molecular formula is C28H26N2O6. The predicted molar refractivity (Wildman–Crippen MR) is 140 cm³/mol. The van der Waals surface area contributed by atoms with Crippen molar-refractivity contribution in [1.82, 2.24) is 0 Å². The molecular weight excluding hydrogens is 460 g/mol. The Morgan fingerprint density at radius 2 is 1.86 bits per heavy atom. The van der Waals surface area contributed by atoms with Gasteiger partial charge in [-0.15, -0.1) is 0 Å². The summed E-state index contributed by atoms with van der Waals surface area (Å²) in [6.45, 7) is 5.49. The molecule has 36 heavy (non-hydrogen) atoms. The van der Waals surface area contributed by atoms with Crippen molar-refractivity contribution in [2.75, 3.05) is 19.5 Å². The van der Waals surface area contributed by atoms with Gasteiger partial charge >= 0.3 is 0 Å². The van der Waals surface area contributed by atoms with Crippen molar-refractivity contribution in [3.63, 3.8) is 0 Å². The minimum atomic E-state index is -0.496. The third-order valence-corrected chi connectivity index (χ3v) is 6.09. The Kier molecular flexibility index (Phi) is 6.78. The number of allylic oxidation sites excluding steroid dienone is 1. The number of carbonyl (C=O) groups is 1. The quantitative estimate of drug-likeness (QED) is 0.177. The average Bonchev–Trinajstić information content (AvgIpc) is 3.29. The SMILES string of the molecule is COc1cccc(-c2coc3c(C)c(OC)c(/C(C)=C/C(=O)Nc4cc([N+](=O)[O-])ccc4C)cc23)c1. The molecule has 8 nitrogen and oxygen atoms in total. The van der Waals surface area contributed by atoms with Crippen LogP contribution in [-0.2, 0) is 4.79 Å². The number of fused-ring (bicyclic) bond motifs is 1. The van der Waals surface area contributed by atoms with Crippen molar-refractivity contribution < 1.29 is 23.6 Å². The second-order valence-corrected chi connectivity index (χ2v) is 8.41. The number of furan rings is 1. The van der Waals surface area contributed by atoms with Gasteiger partial charge < -0.3 is 19.2 Å². The highest BCUT2D eigenvalue weighted by atomic mass is 16.6. The van der Waals surface area contributed by atoms with Crippen LogP contribution in [0.3, 0.4) is 0 Å². The highest BCUT2D eigenvalue weighted by molar-refractivity contribution is 6.06. The monoisotopic (exact) mass is 486 g/mol. The summed E-state index contributed by atoms with van der Waals surface area (Å²) < 4.78 is 17.0. The Morgan fingerprint density at radius 3 is 2.56 bits per heavy atom. The van der Waals surface area contributed by atoms with Gasteiger partial charge in [-0.2, -0.15) is 0 Å². The maximum atomic E-state index is 12.9. The third kappa shape index (κ3) is 4.65. The first kappa shape index (κ1) is 24.5.